The predicted octanol–water partition coefficient (Wildman–Crippen LogP) is 4.52. The van der Waals surface area contributed by atoms with Gasteiger partial charge < -0.3 is 4.90 Å². The Balaban J connectivity index is 1.50. The van der Waals surface area contributed by atoms with E-state index >= 15 is 0 Å². The monoisotopic (exact) mass is 412 g/mol. The van der Waals surface area contributed by atoms with E-state index in [1.807, 2.05) is 29.2 Å². The van der Waals surface area contributed by atoms with E-state index in [0.29, 0.717) is 12.2 Å². The first-order valence-corrected chi connectivity index (χ1v) is 12.0. The van der Waals surface area contributed by atoms with E-state index in [1.54, 1.807) is 18.2 Å². The van der Waals surface area contributed by atoms with E-state index in [2.05, 4.69) is 11.6 Å². The Bertz CT molecular complexity index is 993. The second-order valence-electron chi connectivity index (χ2n) is 8.06. The molecule has 2 aromatic carbocycles. The molecule has 29 heavy (non-hydrogen) atoms. The minimum atomic E-state index is -3.64. The van der Waals surface area contributed by atoms with Crippen molar-refractivity contribution in [2.75, 3.05) is 16.2 Å². The largest absolute Gasteiger partial charge is 0.312 e. The van der Waals surface area contributed by atoms with E-state index in [1.165, 1.54) is 0 Å². The number of benzene rings is 2. The molecule has 0 bridgehead atoms. The summed E-state index contributed by atoms with van der Waals surface area (Å²) in [5.41, 5.74) is 3.62. The summed E-state index contributed by atoms with van der Waals surface area (Å²) in [6, 6.07) is 12.5. The molecule has 1 heterocycles. The molecule has 1 N–H and O–H groups in total. The van der Waals surface area contributed by atoms with Crippen molar-refractivity contribution in [3.8, 4) is 0 Å². The topological polar surface area (TPSA) is 66.5 Å². The van der Waals surface area contributed by atoms with E-state index in [0.717, 1.165) is 61.8 Å². The van der Waals surface area contributed by atoms with Gasteiger partial charge in [-0.05, 0) is 67.1 Å². The lowest BCUT2D eigenvalue weighted by Crippen LogP contribution is -2.33. The van der Waals surface area contributed by atoms with Crippen LogP contribution in [0.25, 0.3) is 0 Å². The Morgan fingerprint density at radius 3 is 2.52 bits per heavy atom. The van der Waals surface area contributed by atoms with Gasteiger partial charge in [-0.25, -0.2) is 8.42 Å². The molecule has 0 aromatic heterocycles. The van der Waals surface area contributed by atoms with E-state index in [9.17, 15) is 13.2 Å². The fraction of sp³-hybridized carbons (Fsp3) is 0.435. The molecule has 0 radical (unpaired) electrons. The van der Waals surface area contributed by atoms with Crippen LogP contribution in [-0.2, 0) is 27.7 Å². The van der Waals surface area contributed by atoms with Crippen LogP contribution in [-0.4, -0.2) is 20.9 Å². The maximum Gasteiger partial charge on any atom is 0.261 e. The predicted molar refractivity (Wildman–Crippen MR) is 116 cm³/mol. The Hall–Kier alpha value is -2.34. The minimum Gasteiger partial charge on any atom is -0.312 e. The molecule has 0 atom stereocenters. The van der Waals surface area contributed by atoms with Gasteiger partial charge in [-0.15, -0.1) is 0 Å². The lowest BCUT2D eigenvalue weighted by molar-refractivity contribution is -0.122. The molecule has 1 aliphatic carbocycles. The van der Waals surface area contributed by atoms with Gasteiger partial charge in [0.2, 0.25) is 5.91 Å². The Morgan fingerprint density at radius 1 is 1.10 bits per heavy atom. The highest BCUT2D eigenvalue weighted by atomic mass is 32.2. The zero-order valence-electron chi connectivity index (χ0n) is 16.9. The minimum absolute atomic E-state index is 0.148. The van der Waals surface area contributed by atoms with Crippen molar-refractivity contribution in [1.29, 1.82) is 0 Å². The van der Waals surface area contributed by atoms with Crippen LogP contribution in [0.4, 0.5) is 11.4 Å². The normalized spacial score (nSPS) is 16.8. The zero-order valence-corrected chi connectivity index (χ0v) is 17.7. The van der Waals surface area contributed by atoms with Crippen molar-refractivity contribution in [2.45, 2.75) is 56.8 Å². The number of nitrogens with zero attached hydrogens (tertiary/aromatic N) is 1. The van der Waals surface area contributed by atoms with Crippen molar-refractivity contribution in [3.63, 3.8) is 0 Å². The highest BCUT2D eigenvalue weighted by molar-refractivity contribution is 7.92. The van der Waals surface area contributed by atoms with Crippen LogP contribution in [0, 0.1) is 5.92 Å². The summed E-state index contributed by atoms with van der Waals surface area (Å²) in [6.45, 7) is 2.78. The fourth-order valence-electron chi connectivity index (χ4n) is 4.43. The van der Waals surface area contributed by atoms with Crippen molar-refractivity contribution in [1.82, 2.24) is 0 Å². The number of amides is 1. The number of carbonyl (C=O) groups excluding carboxylic acids is 1. The number of aryl methyl sites for hydroxylation is 1. The van der Waals surface area contributed by atoms with Crippen molar-refractivity contribution >= 4 is 27.3 Å². The molecule has 4 rings (SSSR count). The van der Waals surface area contributed by atoms with Gasteiger partial charge >= 0.3 is 0 Å². The van der Waals surface area contributed by atoms with Crippen LogP contribution in [0.1, 0.15) is 50.2 Å². The molecule has 1 amide bonds. The molecule has 1 saturated carbocycles. The average Bonchev–Trinajstić information content (AvgIpc) is 3.38. The number of rotatable bonds is 6. The molecule has 0 unspecified atom stereocenters. The molecule has 2 aliphatic rings. The number of hydrogen-bond donors (Lipinski definition) is 1. The van der Waals surface area contributed by atoms with Crippen LogP contribution in [0.5, 0.6) is 0 Å². The van der Waals surface area contributed by atoms with E-state index in [4.69, 9.17) is 0 Å². The van der Waals surface area contributed by atoms with Gasteiger partial charge in [0.1, 0.15) is 0 Å². The van der Waals surface area contributed by atoms with Gasteiger partial charge in [0.25, 0.3) is 10.0 Å². The molecule has 1 fully saturated rings. The number of anilines is 2. The first-order chi connectivity index (χ1) is 14.0. The smallest absolute Gasteiger partial charge is 0.261 e. The molecule has 2 aromatic rings. The zero-order chi connectivity index (χ0) is 20.4. The number of fused-ring (bicyclic) bond motifs is 1. The highest BCUT2D eigenvalue weighted by Crippen LogP contribution is 2.35. The first-order valence-electron chi connectivity index (χ1n) is 10.5. The van der Waals surface area contributed by atoms with Crippen LogP contribution >= 0.6 is 0 Å². The summed E-state index contributed by atoms with van der Waals surface area (Å²) in [6.07, 6.45) is 6.97. The number of hydrogen-bond acceptors (Lipinski definition) is 3. The SMILES string of the molecule is CCCc1ccc(S(=O)(=O)Nc2ccc3c(c2)CCN3C(=O)C2CCCC2)cc1. The maximum atomic E-state index is 12.8. The lowest BCUT2D eigenvalue weighted by Gasteiger charge is -2.21. The maximum absolute atomic E-state index is 12.8. The molecule has 0 spiro atoms. The Kier molecular flexibility index (Phi) is 5.63. The molecule has 1 aliphatic heterocycles. The molecule has 5 nitrogen and oxygen atoms in total. The quantitative estimate of drug-likeness (QED) is 0.759. The van der Waals surface area contributed by atoms with Crippen molar-refractivity contribution in [3.05, 3.63) is 53.6 Å². The third kappa shape index (κ3) is 4.17. The second-order valence-corrected chi connectivity index (χ2v) is 9.75. The summed E-state index contributed by atoms with van der Waals surface area (Å²) in [7, 11) is -3.64. The molecule has 154 valence electrons. The Labute approximate surface area is 173 Å². The number of carbonyl (C=O) groups is 1. The molecule has 6 heteroatoms. The van der Waals surface area contributed by atoms with E-state index in [-0.39, 0.29) is 16.7 Å². The fourth-order valence-corrected chi connectivity index (χ4v) is 5.47. The summed E-state index contributed by atoms with van der Waals surface area (Å²) in [5.74, 6) is 0.372. The second kappa shape index (κ2) is 8.19. The molecule has 0 saturated heterocycles. The van der Waals surface area contributed by atoms with Gasteiger partial charge in [-0.3, -0.25) is 9.52 Å². The van der Waals surface area contributed by atoms with E-state index < -0.39 is 10.0 Å². The van der Waals surface area contributed by atoms with Crippen LogP contribution in [0.15, 0.2) is 47.4 Å². The average molecular weight is 413 g/mol. The summed E-state index contributed by atoms with van der Waals surface area (Å²) < 4.78 is 28.2. The standard InChI is InChI=1S/C23H28N2O3S/c1-2-5-17-8-11-21(12-9-17)29(27,28)24-20-10-13-22-19(16-20)14-15-25(22)23(26)18-6-3-4-7-18/h8-13,16,18,24H,2-7,14-15H2,1H3. The van der Waals surface area contributed by atoms with Gasteiger partial charge in [0.15, 0.2) is 0 Å². The van der Waals surface area contributed by atoms with Gasteiger partial charge in [0, 0.05) is 23.8 Å². The summed E-state index contributed by atoms with van der Waals surface area (Å²) >= 11 is 0. The Morgan fingerprint density at radius 2 is 1.83 bits per heavy atom. The number of sulfonamides is 1. The van der Waals surface area contributed by atoms with Crippen molar-refractivity contribution < 1.29 is 13.2 Å². The lowest BCUT2D eigenvalue weighted by atomic mass is 10.1. The highest BCUT2D eigenvalue weighted by Gasteiger charge is 2.32. The third-order valence-electron chi connectivity index (χ3n) is 5.97. The van der Waals surface area contributed by atoms with Crippen LogP contribution in [0.2, 0.25) is 0 Å². The van der Waals surface area contributed by atoms with Crippen molar-refractivity contribution in [2.24, 2.45) is 5.92 Å². The first kappa shape index (κ1) is 20.0. The molecular weight excluding hydrogens is 384 g/mol. The van der Waals surface area contributed by atoms with Crippen LogP contribution in [0.3, 0.4) is 0 Å². The summed E-state index contributed by atoms with van der Waals surface area (Å²) in [4.78, 5) is 14.9. The van der Waals surface area contributed by atoms with Gasteiger partial charge in [0.05, 0.1) is 4.90 Å². The third-order valence-corrected chi connectivity index (χ3v) is 7.37. The van der Waals surface area contributed by atoms with Gasteiger partial charge in [-0.2, -0.15) is 0 Å². The summed E-state index contributed by atoms with van der Waals surface area (Å²) in [5, 5.41) is 0. The number of nitrogens with one attached hydrogen (secondary N) is 1. The van der Waals surface area contributed by atoms with Crippen LogP contribution < -0.4 is 9.62 Å². The molecular formula is C23H28N2O3S. The van der Waals surface area contributed by atoms with Gasteiger partial charge in [-0.1, -0.05) is 38.3 Å².